The lowest BCUT2D eigenvalue weighted by Gasteiger charge is -2.23. The first-order valence-electron chi connectivity index (χ1n) is 10.7. The topological polar surface area (TPSA) is 49.8 Å². The first-order valence-corrected chi connectivity index (χ1v) is 10.7. The third-order valence-corrected chi connectivity index (χ3v) is 5.68. The van der Waals surface area contributed by atoms with Crippen LogP contribution in [-0.2, 0) is 9.53 Å². The smallest absolute Gasteiger partial charge is 0.336 e. The fourth-order valence-corrected chi connectivity index (χ4v) is 3.85. The van der Waals surface area contributed by atoms with E-state index in [0.29, 0.717) is 0 Å². The third kappa shape index (κ3) is 6.66. The quantitative estimate of drug-likeness (QED) is 0.420. The van der Waals surface area contributed by atoms with E-state index in [-0.39, 0.29) is 18.7 Å². The van der Waals surface area contributed by atoms with Crippen molar-refractivity contribution < 1.29 is 14.6 Å². The van der Waals surface area contributed by atoms with Crippen molar-refractivity contribution in [1.29, 1.82) is 0 Å². The number of carbonyl (C=O) groups is 1. The second kappa shape index (κ2) is 11.3. The highest BCUT2D eigenvalue weighted by molar-refractivity contribution is 5.91. The van der Waals surface area contributed by atoms with E-state index in [0.717, 1.165) is 62.0 Å². The molecule has 0 radical (unpaired) electrons. The molecule has 0 bridgehead atoms. The van der Waals surface area contributed by atoms with Crippen LogP contribution in [0.5, 0.6) is 0 Å². The first-order chi connectivity index (χ1) is 13.4. The average molecular weight is 388 g/mol. The van der Waals surface area contributed by atoms with Gasteiger partial charge in [-0.25, -0.2) is 4.79 Å². The maximum absolute atomic E-state index is 12.0. The van der Waals surface area contributed by atoms with E-state index in [9.17, 15) is 4.79 Å². The van der Waals surface area contributed by atoms with Crippen molar-refractivity contribution in [1.82, 2.24) is 4.90 Å². The minimum absolute atomic E-state index is 0.112. The van der Waals surface area contributed by atoms with Crippen LogP contribution in [0.15, 0.2) is 46.2 Å². The van der Waals surface area contributed by atoms with Crippen LogP contribution in [0.3, 0.4) is 0 Å². The number of carbonyl (C=O) groups excluding carboxylic acids is 1. The molecule has 0 amide bonds. The molecule has 1 saturated heterocycles. The van der Waals surface area contributed by atoms with Crippen LogP contribution < -0.4 is 0 Å². The predicted octanol–water partition coefficient (Wildman–Crippen LogP) is 5.06. The van der Waals surface area contributed by atoms with Crippen molar-refractivity contribution >= 4 is 5.97 Å². The number of hydrogen-bond donors (Lipinski definition) is 1. The Morgan fingerprint density at radius 3 is 2.21 bits per heavy atom. The average Bonchev–Trinajstić information content (AvgIpc) is 3.28. The van der Waals surface area contributed by atoms with Gasteiger partial charge in [0.1, 0.15) is 6.10 Å². The molecule has 0 aromatic rings. The van der Waals surface area contributed by atoms with Crippen molar-refractivity contribution in [3.05, 3.63) is 46.2 Å². The van der Waals surface area contributed by atoms with Crippen molar-refractivity contribution in [3.8, 4) is 0 Å². The molecule has 1 unspecified atom stereocenters. The molecule has 0 aromatic heterocycles. The lowest BCUT2D eigenvalue weighted by Crippen LogP contribution is -2.26. The molecule has 4 heteroatoms. The highest BCUT2D eigenvalue weighted by Gasteiger charge is 2.35. The molecule has 0 aromatic carbocycles. The summed E-state index contributed by atoms with van der Waals surface area (Å²) in [6, 6.07) is 0. The first kappa shape index (κ1) is 22.5. The highest BCUT2D eigenvalue weighted by Crippen LogP contribution is 2.31. The molecule has 0 spiro atoms. The molecule has 156 valence electrons. The monoisotopic (exact) mass is 387 g/mol. The molecule has 2 aliphatic rings. The number of rotatable bonds is 10. The molecule has 1 fully saturated rings. The summed E-state index contributed by atoms with van der Waals surface area (Å²) in [5.74, 6) is -0.151. The number of likely N-dealkylation sites (tertiary alicyclic amines) is 1. The van der Waals surface area contributed by atoms with E-state index in [2.05, 4.69) is 37.0 Å². The van der Waals surface area contributed by atoms with Crippen molar-refractivity contribution in [3.63, 3.8) is 0 Å². The molecule has 4 nitrogen and oxygen atoms in total. The van der Waals surface area contributed by atoms with Gasteiger partial charge in [-0.1, -0.05) is 34.9 Å². The summed E-state index contributed by atoms with van der Waals surface area (Å²) in [7, 11) is 0. The van der Waals surface area contributed by atoms with Gasteiger partial charge in [0, 0.05) is 19.5 Å². The number of aliphatic hydroxyl groups excluding tert-OH is 1. The Morgan fingerprint density at radius 2 is 1.61 bits per heavy atom. The molecule has 0 aliphatic carbocycles. The largest absolute Gasteiger partial charge is 0.452 e. The van der Waals surface area contributed by atoms with Gasteiger partial charge in [0.15, 0.2) is 0 Å². The SMILES string of the molecule is CC1=C(N2CCCC2)C(C/C=C(\C)CC/C=C(\C)CC/C=C(\C)CO)OC1=O. The summed E-state index contributed by atoms with van der Waals surface area (Å²) in [4.78, 5) is 14.4. The predicted molar refractivity (Wildman–Crippen MR) is 115 cm³/mol. The van der Waals surface area contributed by atoms with E-state index in [4.69, 9.17) is 9.84 Å². The highest BCUT2D eigenvalue weighted by atomic mass is 16.5. The van der Waals surface area contributed by atoms with Crippen LogP contribution in [0.2, 0.25) is 0 Å². The molecule has 28 heavy (non-hydrogen) atoms. The molecular formula is C24H37NO3. The lowest BCUT2D eigenvalue weighted by atomic mass is 10.0. The van der Waals surface area contributed by atoms with Gasteiger partial charge in [0.05, 0.1) is 17.9 Å². The number of esters is 1. The summed E-state index contributed by atoms with van der Waals surface area (Å²) in [6.07, 6.45) is 13.8. The summed E-state index contributed by atoms with van der Waals surface area (Å²) in [5, 5.41) is 9.02. The standard InChI is InChI=1S/C24H37NO3/c1-18(10-8-12-20(3)17-26)9-7-11-19(2)13-14-22-23(21(4)24(27)28-22)25-15-5-6-16-25/h9,12-13,22,26H,5-8,10-11,14-17H2,1-4H3/b18-9+,19-13+,20-12+. The van der Waals surface area contributed by atoms with Crippen molar-refractivity contribution in [2.75, 3.05) is 19.7 Å². The zero-order valence-electron chi connectivity index (χ0n) is 18.1. The molecular weight excluding hydrogens is 350 g/mol. The molecule has 2 rings (SSSR count). The fourth-order valence-electron chi connectivity index (χ4n) is 3.85. The number of hydrogen-bond acceptors (Lipinski definition) is 4. The van der Waals surface area contributed by atoms with Gasteiger partial charge >= 0.3 is 5.97 Å². The third-order valence-electron chi connectivity index (χ3n) is 5.68. The van der Waals surface area contributed by atoms with Gasteiger partial charge in [-0.2, -0.15) is 0 Å². The Balaban J connectivity index is 1.80. The number of cyclic esters (lactones) is 1. The molecule has 1 atom stereocenters. The van der Waals surface area contributed by atoms with Crippen LogP contribution in [0.1, 0.15) is 72.6 Å². The lowest BCUT2D eigenvalue weighted by molar-refractivity contribution is -0.139. The van der Waals surface area contributed by atoms with Crippen LogP contribution in [0.25, 0.3) is 0 Å². The maximum atomic E-state index is 12.0. The van der Waals surface area contributed by atoms with E-state index in [1.165, 1.54) is 24.0 Å². The number of aliphatic hydroxyl groups is 1. The van der Waals surface area contributed by atoms with Crippen LogP contribution in [0.4, 0.5) is 0 Å². The van der Waals surface area contributed by atoms with Gasteiger partial charge in [-0.05, 0) is 66.2 Å². The van der Waals surface area contributed by atoms with Crippen LogP contribution >= 0.6 is 0 Å². The van der Waals surface area contributed by atoms with Crippen LogP contribution in [0, 0.1) is 0 Å². The molecule has 2 aliphatic heterocycles. The Bertz CT molecular complexity index is 663. The van der Waals surface area contributed by atoms with E-state index >= 15 is 0 Å². The zero-order chi connectivity index (χ0) is 20.5. The normalized spacial score (nSPS) is 21.8. The van der Waals surface area contributed by atoms with Crippen LogP contribution in [-0.4, -0.2) is 41.8 Å². The van der Waals surface area contributed by atoms with Gasteiger partial charge in [-0.15, -0.1) is 0 Å². The maximum Gasteiger partial charge on any atom is 0.336 e. The van der Waals surface area contributed by atoms with E-state index in [1.807, 2.05) is 13.8 Å². The van der Waals surface area contributed by atoms with Crippen molar-refractivity contribution in [2.24, 2.45) is 0 Å². The van der Waals surface area contributed by atoms with E-state index < -0.39 is 0 Å². The minimum Gasteiger partial charge on any atom is -0.452 e. The summed E-state index contributed by atoms with van der Waals surface area (Å²) in [6.45, 7) is 10.4. The minimum atomic E-state index is -0.151. The Labute approximate surface area is 170 Å². The van der Waals surface area contributed by atoms with Gasteiger partial charge < -0.3 is 14.7 Å². The van der Waals surface area contributed by atoms with Gasteiger partial charge in [-0.3, -0.25) is 0 Å². The number of nitrogens with zero attached hydrogens (tertiary/aromatic N) is 1. The molecule has 0 saturated carbocycles. The Morgan fingerprint density at radius 1 is 1.04 bits per heavy atom. The fraction of sp³-hybridized carbons (Fsp3) is 0.625. The zero-order valence-corrected chi connectivity index (χ0v) is 18.1. The summed E-state index contributed by atoms with van der Waals surface area (Å²) in [5.41, 5.74) is 5.70. The van der Waals surface area contributed by atoms with Crippen molar-refractivity contribution in [2.45, 2.75) is 78.7 Å². The van der Waals surface area contributed by atoms with Gasteiger partial charge in [0.25, 0.3) is 0 Å². The number of ether oxygens (including phenoxy) is 1. The number of allylic oxidation sites excluding steroid dienone is 4. The van der Waals surface area contributed by atoms with E-state index in [1.54, 1.807) is 0 Å². The second-order valence-corrected chi connectivity index (χ2v) is 8.22. The Hall–Kier alpha value is -1.81. The molecule has 1 N–H and O–H groups in total. The molecule has 2 heterocycles. The summed E-state index contributed by atoms with van der Waals surface area (Å²) < 4.78 is 5.63. The van der Waals surface area contributed by atoms with Gasteiger partial charge in [0.2, 0.25) is 0 Å². The summed E-state index contributed by atoms with van der Waals surface area (Å²) >= 11 is 0. The Kier molecular flexibility index (Phi) is 9.04. The second-order valence-electron chi connectivity index (χ2n) is 8.22.